The van der Waals surface area contributed by atoms with Gasteiger partial charge in [0, 0.05) is 32.2 Å². The van der Waals surface area contributed by atoms with Gasteiger partial charge in [0.15, 0.2) is 0 Å². The first-order valence-electron chi connectivity index (χ1n) is 9.50. The monoisotopic (exact) mass is 382 g/mol. The second-order valence-corrected chi connectivity index (χ2v) is 9.16. The van der Waals surface area contributed by atoms with Crippen LogP contribution in [0.2, 0.25) is 0 Å². The van der Waals surface area contributed by atoms with E-state index in [1.54, 1.807) is 24.3 Å². The van der Waals surface area contributed by atoms with Gasteiger partial charge in [-0.25, -0.2) is 0 Å². The van der Waals surface area contributed by atoms with Crippen LogP contribution in [0.4, 0.5) is 0 Å². The Morgan fingerprint density at radius 3 is 2.54 bits per heavy atom. The summed E-state index contributed by atoms with van der Waals surface area (Å²) in [5.74, 6) is 0.399. The Bertz CT molecular complexity index is 657. The lowest BCUT2D eigenvalue weighted by molar-refractivity contribution is -0.0721. The van der Waals surface area contributed by atoms with Crippen LogP contribution >= 0.6 is 0 Å². The number of morpholine rings is 1. The third kappa shape index (κ3) is 5.67. The average molecular weight is 383 g/mol. The Hall–Kier alpha value is -1.15. The highest BCUT2D eigenvalue weighted by Crippen LogP contribution is 2.21. The molecule has 0 aliphatic carbocycles. The zero-order valence-corrected chi connectivity index (χ0v) is 16.5. The SMILES string of the molecule is CC1CN(CC2CCCN2CCS(=O)(=O)Oc2ccccc2)CC(C)O1. The molecule has 2 saturated heterocycles. The first-order valence-corrected chi connectivity index (χ1v) is 11.1. The molecule has 0 amide bonds. The predicted molar refractivity (Wildman–Crippen MR) is 102 cm³/mol. The molecule has 3 atom stereocenters. The van der Waals surface area contributed by atoms with Gasteiger partial charge >= 0.3 is 10.1 Å². The third-order valence-electron chi connectivity index (χ3n) is 5.06. The van der Waals surface area contributed by atoms with Gasteiger partial charge in [-0.05, 0) is 45.4 Å². The quantitative estimate of drug-likeness (QED) is 0.672. The molecule has 146 valence electrons. The minimum Gasteiger partial charge on any atom is -0.382 e. The summed E-state index contributed by atoms with van der Waals surface area (Å²) in [6, 6.07) is 9.12. The molecule has 2 heterocycles. The van der Waals surface area contributed by atoms with E-state index in [9.17, 15) is 8.42 Å². The number of ether oxygens (including phenoxy) is 1. The molecule has 0 radical (unpaired) electrons. The normalized spacial score (nSPS) is 28.3. The van der Waals surface area contributed by atoms with E-state index in [4.69, 9.17) is 8.92 Å². The van der Waals surface area contributed by atoms with Crippen molar-refractivity contribution in [2.75, 3.05) is 38.5 Å². The predicted octanol–water partition coefficient (Wildman–Crippen LogP) is 1.97. The van der Waals surface area contributed by atoms with E-state index in [0.717, 1.165) is 39.0 Å². The molecule has 0 N–H and O–H groups in total. The van der Waals surface area contributed by atoms with Crippen molar-refractivity contribution in [3.63, 3.8) is 0 Å². The van der Waals surface area contributed by atoms with E-state index >= 15 is 0 Å². The van der Waals surface area contributed by atoms with Crippen molar-refractivity contribution in [1.29, 1.82) is 0 Å². The van der Waals surface area contributed by atoms with Gasteiger partial charge < -0.3 is 8.92 Å². The number of rotatable bonds is 7. The highest BCUT2D eigenvalue weighted by molar-refractivity contribution is 7.87. The standard InChI is InChI=1S/C19H30N2O4S/c1-16-13-20(14-17(2)24-16)15-18-7-6-10-21(18)11-12-26(22,23)25-19-8-4-3-5-9-19/h3-5,8-9,16-18H,6-7,10-15H2,1-2H3. The summed E-state index contributed by atoms with van der Waals surface area (Å²) in [7, 11) is -3.57. The zero-order valence-electron chi connectivity index (χ0n) is 15.7. The summed E-state index contributed by atoms with van der Waals surface area (Å²) in [4.78, 5) is 4.76. The van der Waals surface area contributed by atoms with Crippen LogP contribution in [0.3, 0.4) is 0 Å². The van der Waals surface area contributed by atoms with Gasteiger partial charge in [0.05, 0.1) is 18.0 Å². The third-order valence-corrected chi connectivity index (χ3v) is 6.19. The molecule has 2 aliphatic rings. The van der Waals surface area contributed by atoms with E-state index < -0.39 is 10.1 Å². The van der Waals surface area contributed by atoms with Crippen LogP contribution in [-0.2, 0) is 14.9 Å². The number of nitrogens with zero attached hydrogens (tertiary/aromatic N) is 2. The summed E-state index contributed by atoms with van der Waals surface area (Å²) in [5.41, 5.74) is 0. The number of likely N-dealkylation sites (tertiary alicyclic amines) is 1. The summed E-state index contributed by atoms with van der Waals surface area (Å²) in [6.45, 7) is 8.59. The molecule has 1 aromatic rings. The zero-order chi connectivity index (χ0) is 18.6. The molecule has 6 nitrogen and oxygen atoms in total. The van der Waals surface area contributed by atoms with E-state index in [0.29, 0.717) is 18.3 Å². The van der Waals surface area contributed by atoms with Crippen molar-refractivity contribution >= 4 is 10.1 Å². The van der Waals surface area contributed by atoms with Crippen molar-refractivity contribution < 1.29 is 17.3 Å². The second-order valence-electron chi connectivity index (χ2n) is 7.47. The second kappa shape index (κ2) is 8.69. The Morgan fingerprint density at radius 2 is 1.85 bits per heavy atom. The molecule has 0 saturated carbocycles. The largest absolute Gasteiger partial charge is 0.382 e. The van der Waals surface area contributed by atoms with Gasteiger partial charge in [0.2, 0.25) is 0 Å². The Balaban J connectivity index is 1.50. The van der Waals surface area contributed by atoms with Gasteiger partial charge in [-0.2, -0.15) is 8.42 Å². The maximum absolute atomic E-state index is 12.3. The van der Waals surface area contributed by atoms with Gasteiger partial charge in [-0.15, -0.1) is 0 Å². The van der Waals surface area contributed by atoms with Crippen LogP contribution in [0.25, 0.3) is 0 Å². The highest BCUT2D eigenvalue weighted by atomic mass is 32.2. The Kier molecular flexibility index (Phi) is 6.55. The molecule has 3 rings (SSSR count). The average Bonchev–Trinajstić information content (AvgIpc) is 3.00. The number of hydrogen-bond acceptors (Lipinski definition) is 6. The maximum Gasteiger partial charge on any atom is 0.310 e. The van der Waals surface area contributed by atoms with Crippen LogP contribution < -0.4 is 4.18 Å². The van der Waals surface area contributed by atoms with Crippen molar-refractivity contribution in [1.82, 2.24) is 9.80 Å². The Labute approximate surface area is 157 Å². The molecule has 0 bridgehead atoms. The smallest absolute Gasteiger partial charge is 0.310 e. The minimum atomic E-state index is -3.57. The molecule has 0 spiro atoms. The van der Waals surface area contributed by atoms with Gasteiger partial charge in [-0.3, -0.25) is 9.80 Å². The van der Waals surface area contributed by atoms with E-state index in [1.165, 1.54) is 0 Å². The summed E-state index contributed by atoms with van der Waals surface area (Å²) in [5, 5.41) is 0. The molecular weight excluding hydrogens is 352 g/mol. The van der Waals surface area contributed by atoms with Crippen molar-refractivity contribution in [3.05, 3.63) is 30.3 Å². The molecule has 26 heavy (non-hydrogen) atoms. The summed E-state index contributed by atoms with van der Waals surface area (Å²) in [6.07, 6.45) is 2.76. The molecule has 1 aromatic carbocycles. The molecule has 3 unspecified atom stereocenters. The van der Waals surface area contributed by atoms with Gasteiger partial charge in [0.1, 0.15) is 5.75 Å². The van der Waals surface area contributed by atoms with E-state index in [2.05, 4.69) is 23.6 Å². The van der Waals surface area contributed by atoms with E-state index in [-0.39, 0.29) is 18.0 Å². The van der Waals surface area contributed by atoms with Crippen LogP contribution in [-0.4, -0.2) is 74.9 Å². The lowest BCUT2D eigenvalue weighted by atomic mass is 10.1. The maximum atomic E-state index is 12.3. The topological polar surface area (TPSA) is 59.1 Å². The first-order chi connectivity index (χ1) is 12.4. The Morgan fingerprint density at radius 1 is 1.15 bits per heavy atom. The first kappa shape index (κ1) is 19.6. The molecular formula is C19H30N2O4S. The minimum absolute atomic E-state index is 0.0221. The number of hydrogen-bond donors (Lipinski definition) is 0. The fourth-order valence-electron chi connectivity index (χ4n) is 4.02. The van der Waals surface area contributed by atoms with Crippen LogP contribution in [0.1, 0.15) is 26.7 Å². The van der Waals surface area contributed by atoms with Crippen LogP contribution in [0.15, 0.2) is 30.3 Å². The molecule has 7 heteroatoms. The lowest BCUT2D eigenvalue weighted by Crippen LogP contribution is -2.50. The van der Waals surface area contributed by atoms with Crippen molar-refractivity contribution in [2.45, 2.75) is 44.9 Å². The van der Waals surface area contributed by atoms with Gasteiger partial charge in [0.25, 0.3) is 0 Å². The number of benzene rings is 1. The fraction of sp³-hybridized carbons (Fsp3) is 0.684. The summed E-state index contributed by atoms with van der Waals surface area (Å²) < 4.78 is 35.5. The molecule has 2 aliphatic heterocycles. The fourth-order valence-corrected chi connectivity index (χ4v) is 4.97. The van der Waals surface area contributed by atoms with Crippen molar-refractivity contribution in [2.24, 2.45) is 0 Å². The van der Waals surface area contributed by atoms with Crippen LogP contribution in [0, 0.1) is 0 Å². The van der Waals surface area contributed by atoms with Crippen LogP contribution in [0.5, 0.6) is 5.75 Å². The van der Waals surface area contributed by atoms with Gasteiger partial charge in [-0.1, -0.05) is 18.2 Å². The number of para-hydroxylation sites is 1. The highest BCUT2D eigenvalue weighted by Gasteiger charge is 2.30. The lowest BCUT2D eigenvalue weighted by Gasteiger charge is -2.38. The molecule has 2 fully saturated rings. The molecule has 0 aromatic heterocycles. The summed E-state index contributed by atoms with van der Waals surface area (Å²) >= 11 is 0. The van der Waals surface area contributed by atoms with E-state index in [1.807, 2.05) is 6.07 Å². The van der Waals surface area contributed by atoms with Crippen molar-refractivity contribution in [3.8, 4) is 5.75 Å².